The Balaban J connectivity index is 3.20. The Labute approximate surface area is 71.2 Å². The second-order valence-electron chi connectivity index (χ2n) is 2.65. The summed E-state index contributed by atoms with van der Waals surface area (Å²) in [6, 6.07) is 4.70. The number of hydrogen-bond donors (Lipinski definition) is 1. The van der Waals surface area contributed by atoms with Crippen LogP contribution >= 0.6 is 0 Å². The van der Waals surface area contributed by atoms with E-state index in [1.54, 1.807) is 19.1 Å². The molecule has 1 rings (SSSR count). The van der Waals surface area contributed by atoms with E-state index in [9.17, 15) is 9.50 Å². The molecule has 1 aromatic rings. The van der Waals surface area contributed by atoms with Crippen LogP contribution in [0.5, 0.6) is 0 Å². The van der Waals surface area contributed by atoms with Gasteiger partial charge in [-0.15, -0.1) is 6.58 Å². The van der Waals surface area contributed by atoms with Crippen LogP contribution in [0.4, 0.5) is 4.39 Å². The Morgan fingerprint density at radius 2 is 2.25 bits per heavy atom. The fourth-order valence-electron chi connectivity index (χ4n) is 1.14. The van der Waals surface area contributed by atoms with Crippen LogP contribution in [0.3, 0.4) is 0 Å². The van der Waals surface area contributed by atoms with Gasteiger partial charge in [-0.1, -0.05) is 18.2 Å². The first-order chi connectivity index (χ1) is 5.66. The first-order valence-corrected chi connectivity index (χ1v) is 3.72. The van der Waals surface area contributed by atoms with Gasteiger partial charge in [0.1, 0.15) is 5.82 Å². The molecule has 1 aromatic carbocycles. The van der Waals surface area contributed by atoms with E-state index in [-0.39, 0.29) is 5.82 Å². The molecule has 0 aliphatic heterocycles. The third-order valence-corrected chi connectivity index (χ3v) is 1.79. The molecule has 12 heavy (non-hydrogen) atoms. The lowest BCUT2D eigenvalue weighted by atomic mass is 10.0. The van der Waals surface area contributed by atoms with Gasteiger partial charge in [0.25, 0.3) is 0 Å². The van der Waals surface area contributed by atoms with E-state index in [4.69, 9.17) is 0 Å². The topological polar surface area (TPSA) is 20.2 Å². The molecular formula is C10H11FO. The molecule has 0 radical (unpaired) electrons. The first kappa shape index (κ1) is 8.94. The molecule has 1 atom stereocenters. The van der Waals surface area contributed by atoms with Crippen LogP contribution in [0, 0.1) is 12.7 Å². The van der Waals surface area contributed by atoms with Gasteiger partial charge >= 0.3 is 0 Å². The molecule has 0 fully saturated rings. The van der Waals surface area contributed by atoms with Crippen molar-refractivity contribution in [3.63, 3.8) is 0 Å². The first-order valence-electron chi connectivity index (χ1n) is 3.72. The highest BCUT2D eigenvalue weighted by Crippen LogP contribution is 2.21. The summed E-state index contributed by atoms with van der Waals surface area (Å²) in [5, 5.41) is 9.33. The van der Waals surface area contributed by atoms with Crippen LogP contribution in [0.25, 0.3) is 0 Å². The number of halogens is 1. The van der Waals surface area contributed by atoms with Crippen molar-refractivity contribution in [2.45, 2.75) is 13.0 Å². The zero-order valence-electron chi connectivity index (χ0n) is 6.92. The van der Waals surface area contributed by atoms with E-state index in [1.807, 2.05) is 0 Å². The molecule has 2 heteroatoms. The van der Waals surface area contributed by atoms with Crippen LogP contribution in [0.15, 0.2) is 30.9 Å². The van der Waals surface area contributed by atoms with Gasteiger partial charge in [-0.2, -0.15) is 0 Å². The smallest absolute Gasteiger partial charge is 0.129 e. The van der Waals surface area contributed by atoms with Gasteiger partial charge < -0.3 is 5.11 Å². The number of benzene rings is 1. The van der Waals surface area contributed by atoms with Gasteiger partial charge in [-0.05, 0) is 18.6 Å². The van der Waals surface area contributed by atoms with Gasteiger partial charge in [-0.25, -0.2) is 4.39 Å². The maximum Gasteiger partial charge on any atom is 0.129 e. The molecular weight excluding hydrogens is 155 g/mol. The van der Waals surface area contributed by atoms with E-state index >= 15 is 0 Å². The Morgan fingerprint density at radius 1 is 1.58 bits per heavy atom. The molecule has 0 aliphatic rings. The molecule has 0 heterocycles. The van der Waals surface area contributed by atoms with Crippen LogP contribution in [-0.2, 0) is 0 Å². The van der Waals surface area contributed by atoms with Gasteiger partial charge in [0, 0.05) is 5.56 Å². The molecule has 0 aliphatic carbocycles. The van der Waals surface area contributed by atoms with Gasteiger partial charge in [0.15, 0.2) is 0 Å². The van der Waals surface area contributed by atoms with Crippen molar-refractivity contribution in [2.24, 2.45) is 0 Å². The second-order valence-corrected chi connectivity index (χ2v) is 2.65. The van der Waals surface area contributed by atoms with E-state index in [0.717, 1.165) is 5.56 Å². The van der Waals surface area contributed by atoms with E-state index in [1.165, 1.54) is 12.1 Å². The molecule has 0 aromatic heterocycles. The molecule has 64 valence electrons. The van der Waals surface area contributed by atoms with E-state index < -0.39 is 6.10 Å². The maximum atomic E-state index is 13.1. The zero-order valence-corrected chi connectivity index (χ0v) is 6.92. The molecule has 1 N–H and O–H groups in total. The summed E-state index contributed by atoms with van der Waals surface area (Å²) in [7, 11) is 0. The predicted molar refractivity (Wildman–Crippen MR) is 46.3 cm³/mol. The van der Waals surface area contributed by atoms with Crippen molar-refractivity contribution in [1.82, 2.24) is 0 Å². The Hall–Kier alpha value is -1.15. The normalized spacial score (nSPS) is 12.6. The minimum atomic E-state index is -0.911. The monoisotopic (exact) mass is 166 g/mol. The summed E-state index contributed by atoms with van der Waals surface area (Å²) >= 11 is 0. The highest BCUT2D eigenvalue weighted by atomic mass is 19.1. The lowest BCUT2D eigenvalue weighted by molar-refractivity contribution is 0.223. The number of hydrogen-bond acceptors (Lipinski definition) is 1. The quantitative estimate of drug-likeness (QED) is 0.668. The Bertz CT molecular complexity index is 274. The predicted octanol–water partition coefficient (Wildman–Crippen LogP) is 2.35. The van der Waals surface area contributed by atoms with Gasteiger partial charge in [0.2, 0.25) is 0 Å². The summed E-state index contributed by atoms with van der Waals surface area (Å²) in [6.07, 6.45) is 0.400. The van der Waals surface area contributed by atoms with Gasteiger partial charge in [-0.3, -0.25) is 0 Å². The summed E-state index contributed by atoms with van der Waals surface area (Å²) in [5.41, 5.74) is 1.05. The molecule has 0 bridgehead atoms. The number of rotatable bonds is 2. The second kappa shape index (κ2) is 3.50. The fourth-order valence-corrected chi connectivity index (χ4v) is 1.14. The van der Waals surface area contributed by atoms with Crippen molar-refractivity contribution < 1.29 is 9.50 Å². The minimum Gasteiger partial charge on any atom is -0.384 e. The molecule has 0 amide bonds. The van der Waals surface area contributed by atoms with Crippen molar-refractivity contribution in [3.05, 3.63) is 47.8 Å². The summed E-state index contributed by atoms with van der Waals surface area (Å²) in [5.74, 6) is -0.387. The van der Waals surface area contributed by atoms with E-state index in [2.05, 4.69) is 6.58 Å². The summed E-state index contributed by atoms with van der Waals surface area (Å²) in [6.45, 7) is 5.16. The average Bonchev–Trinajstić information content (AvgIpc) is 2.03. The Morgan fingerprint density at radius 3 is 2.75 bits per heavy atom. The van der Waals surface area contributed by atoms with Crippen molar-refractivity contribution in [3.8, 4) is 0 Å². The molecule has 1 nitrogen and oxygen atoms in total. The number of aliphatic hydroxyl groups is 1. The third-order valence-electron chi connectivity index (χ3n) is 1.79. The molecule has 1 unspecified atom stereocenters. The SMILES string of the molecule is C=CC(O)c1c(C)cccc1F. The molecule has 0 spiro atoms. The standard InChI is InChI=1S/C10H11FO/c1-3-9(12)10-7(2)5-4-6-8(10)11/h3-6,9,12H,1H2,2H3. The van der Waals surface area contributed by atoms with Crippen LogP contribution < -0.4 is 0 Å². The van der Waals surface area contributed by atoms with Crippen molar-refractivity contribution >= 4 is 0 Å². The third kappa shape index (κ3) is 1.53. The van der Waals surface area contributed by atoms with Crippen LogP contribution in [0.1, 0.15) is 17.2 Å². The lowest BCUT2D eigenvalue weighted by Crippen LogP contribution is -1.99. The van der Waals surface area contributed by atoms with E-state index in [0.29, 0.717) is 5.56 Å². The van der Waals surface area contributed by atoms with Crippen LogP contribution in [0.2, 0.25) is 0 Å². The maximum absolute atomic E-state index is 13.1. The highest BCUT2D eigenvalue weighted by molar-refractivity contribution is 5.31. The zero-order chi connectivity index (χ0) is 9.14. The van der Waals surface area contributed by atoms with Crippen LogP contribution in [-0.4, -0.2) is 5.11 Å². The largest absolute Gasteiger partial charge is 0.384 e. The Kier molecular flexibility index (Phi) is 2.61. The number of aryl methyl sites for hydroxylation is 1. The average molecular weight is 166 g/mol. The summed E-state index contributed by atoms with van der Waals surface area (Å²) in [4.78, 5) is 0. The number of aliphatic hydroxyl groups excluding tert-OH is 1. The minimum absolute atomic E-state index is 0.313. The molecule has 0 saturated heterocycles. The lowest BCUT2D eigenvalue weighted by Gasteiger charge is -2.09. The van der Waals surface area contributed by atoms with Crippen molar-refractivity contribution in [2.75, 3.05) is 0 Å². The highest BCUT2D eigenvalue weighted by Gasteiger charge is 2.10. The summed E-state index contributed by atoms with van der Waals surface area (Å²) < 4.78 is 13.1. The molecule has 0 saturated carbocycles. The fraction of sp³-hybridized carbons (Fsp3) is 0.200. The van der Waals surface area contributed by atoms with Gasteiger partial charge in [0.05, 0.1) is 6.10 Å². The van der Waals surface area contributed by atoms with Crippen molar-refractivity contribution in [1.29, 1.82) is 0 Å².